The lowest BCUT2D eigenvalue weighted by molar-refractivity contribution is -0.142. The number of amides is 8. The fraction of sp³-hybridized carbons (Fsp3) is 0.388. The lowest BCUT2D eigenvalue weighted by atomic mass is 9.92. The Hall–Kier alpha value is -8.10. The number of benzene rings is 3. The van der Waals surface area contributed by atoms with Gasteiger partial charge < -0.3 is 58.1 Å². The van der Waals surface area contributed by atoms with Gasteiger partial charge in [0.25, 0.3) is 5.91 Å². The summed E-state index contributed by atoms with van der Waals surface area (Å²) in [6, 6.07) is 14.3. The molecular weight excluding hydrogens is 907 g/mol. The number of para-hydroxylation sites is 1. The third kappa shape index (κ3) is 14.9. The lowest BCUT2D eigenvalue weighted by Gasteiger charge is -2.29. The zero-order valence-corrected chi connectivity index (χ0v) is 39.0. The molecular formula is C49H59N9O12. The number of carbonyl (C=O) groups excluding carboxylic acids is 9. The van der Waals surface area contributed by atoms with Crippen molar-refractivity contribution in [3.05, 3.63) is 102 Å². The minimum atomic E-state index is -1.99. The van der Waals surface area contributed by atoms with Crippen molar-refractivity contribution in [3.63, 3.8) is 0 Å². The highest BCUT2D eigenvalue weighted by Crippen LogP contribution is 2.21. The van der Waals surface area contributed by atoms with Gasteiger partial charge in [0.15, 0.2) is 11.3 Å². The molecule has 3 aromatic carbocycles. The number of primary amides is 1. The number of aromatic nitrogens is 1. The summed E-state index contributed by atoms with van der Waals surface area (Å²) in [5.74, 6) is -9.28. The van der Waals surface area contributed by atoms with Crippen LogP contribution in [0.25, 0.3) is 10.9 Å². The number of nitrogens with one attached hydrogen (secondary N) is 8. The molecule has 1 aliphatic rings. The Bertz CT molecular complexity index is 2580. The van der Waals surface area contributed by atoms with Gasteiger partial charge in [-0.2, -0.15) is 0 Å². The number of H-pyrrole nitrogens is 1. The number of carbonyl (C=O) groups is 10. The number of aromatic amines is 1. The molecule has 21 heteroatoms. The maximum atomic E-state index is 14.3. The third-order valence-electron chi connectivity index (χ3n) is 11.7. The fourth-order valence-corrected chi connectivity index (χ4v) is 7.88. The van der Waals surface area contributed by atoms with Crippen molar-refractivity contribution < 1.29 is 58.2 Å². The van der Waals surface area contributed by atoms with Gasteiger partial charge in [0.2, 0.25) is 41.4 Å². The molecule has 0 radical (unpaired) electrons. The van der Waals surface area contributed by atoms with Gasteiger partial charge in [-0.3, -0.25) is 47.9 Å². The quantitative estimate of drug-likeness (QED) is 0.0441. The average Bonchev–Trinajstić information content (AvgIpc) is 3.66. The standard InChI is InChI=1S/C49H59N9O12/c1-27(2)20-35(45(67)56-38(24-42(63)64)47(69)54-34(43(50)65)21-28-10-5-4-6-11-28)55-46(68)37(23-30-25-51-33-13-8-7-12-32(30)33)53-41(62)26-52-44(66)36(22-29-16-18-31(59)19-17-29)57-48(70)49(3)39(60)14-9-15-40(61)58-49/h4-8,10-13,16-19,25,27,34-38,51,59H,9,14-15,20-24,26H2,1-3H3,(H2,50,65)(H,52,66)(H,53,62)(H,54,69)(H,55,68)(H,56,67)(H,57,70)(H,58,61)(H,63,64)/t34-,35-,36-,37-,38-,49+/m0/s1. The molecule has 21 nitrogen and oxygen atoms in total. The van der Waals surface area contributed by atoms with E-state index in [0.29, 0.717) is 22.1 Å². The molecule has 1 fully saturated rings. The number of aliphatic carboxylic acids is 1. The van der Waals surface area contributed by atoms with Crippen molar-refractivity contribution in [1.82, 2.24) is 42.2 Å². The number of phenolic OH excluding ortho intramolecular Hbond substituents is 1. The molecule has 6 atom stereocenters. The molecule has 372 valence electrons. The van der Waals surface area contributed by atoms with Crippen molar-refractivity contribution in [2.75, 3.05) is 6.54 Å². The summed E-state index contributed by atoms with van der Waals surface area (Å²) in [6.45, 7) is 4.02. The van der Waals surface area contributed by atoms with Crippen LogP contribution < -0.4 is 43.0 Å². The van der Waals surface area contributed by atoms with E-state index in [0.717, 1.165) is 5.52 Å². The van der Waals surface area contributed by atoms with Gasteiger partial charge in [0, 0.05) is 49.2 Å². The van der Waals surface area contributed by atoms with Crippen LogP contribution in [0.1, 0.15) is 69.6 Å². The molecule has 0 spiro atoms. The van der Waals surface area contributed by atoms with E-state index < -0.39 is 108 Å². The van der Waals surface area contributed by atoms with Crippen molar-refractivity contribution in [3.8, 4) is 5.75 Å². The highest BCUT2D eigenvalue weighted by atomic mass is 16.4. The Morgan fingerprint density at radius 2 is 1.27 bits per heavy atom. The smallest absolute Gasteiger partial charge is 0.305 e. The maximum absolute atomic E-state index is 14.3. The zero-order chi connectivity index (χ0) is 51.1. The van der Waals surface area contributed by atoms with Crippen LogP contribution in [0, 0.1) is 5.92 Å². The van der Waals surface area contributed by atoms with E-state index in [2.05, 4.69) is 42.2 Å². The predicted octanol–water partition coefficient (Wildman–Crippen LogP) is 0.0756. The Morgan fingerprint density at radius 3 is 1.94 bits per heavy atom. The van der Waals surface area contributed by atoms with Gasteiger partial charge in [0.1, 0.15) is 36.0 Å². The number of ketones is 1. The van der Waals surface area contributed by atoms with E-state index in [4.69, 9.17) is 5.73 Å². The van der Waals surface area contributed by atoms with E-state index in [9.17, 15) is 58.2 Å². The summed E-state index contributed by atoms with van der Waals surface area (Å²) in [4.78, 5) is 136. The van der Waals surface area contributed by atoms with Crippen LogP contribution in [-0.4, -0.2) is 116 Å². The van der Waals surface area contributed by atoms with Crippen LogP contribution in [0.3, 0.4) is 0 Å². The molecule has 70 heavy (non-hydrogen) atoms. The van der Waals surface area contributed by atoms with Gasteiger partial charge in [0.05, 0.1) is 13.0 Å². The van der Waals surface area contributed by atoms with Gasteiger partial charge >= 0.3 is 5.97 Å². The first-order valence-electron chi connectivity index (χ1n) is 22.7. The van der Waals surface area contributed by atoms with Crippen molar-refractivity contribution in [2.45, 2.75) is 108 Å². The maximum Gasteiger partial charge on any atom is 0.305 e. The van der Waals surface area contributed by atoms with E-state index in [1.807, 2.05) is 0 Å². The van der Waals surface area contributed by atoms with Gasteiger partial charge in [-0.05, 0) is 60.6 Å². The van der Waals surface area contributed by atoms with Gasteiger partial charge in [-0.1, -0.05) is 74.5 Å². The Kier molecular flexibility index (Phi) is 18.3. The Labute approximate surface area is 402 Å². The Morgan fingerprint density at radius 1 is 0.686 bits per heavy atom. The van der Waals surface area contributed by atoms with E-state index >= 15 is 0 Å². The minimum absolute atomic E-state index is 0.0107. The summed E-state index contributed by atoms with van der Waals surface area (Å²) in [5.41, 5.74) is 6.02. The summed E-state index contributed by atoms with van der Waals surface area (Å²) in [6.07, 6.45) is 0.598. The number of hydrogen-bond donors (Lipinski definition) is 11. The largest absolute Gasteiger partial charge is 0.508 e. The number of phenols is 1. The van der Waals surface area contributed by atoms with Crippen LogP contribution in [0.5, 0.6) is 5.75 Å². The second-order valence-electron chi connectivity index (χ2n) is 17.8. The summed E-state index contributed by atoms with van der Waals surface area (Å²) < 4.78 is 0. The first-order chi connectivity index (χ1) is 33.2. The van der Waals surface area contributed by atoms with Crippen molar-refractivity contribution in [1.29, 1.82) is 0 Å². The molecule has 0 bridgehead atoms. The number of carboxylic acids is 1. The molecule has 1 aliphatic heterocycles. The normalized spacial score (nSPS) is 16.8. The average molecular weight is 966 g/mol. The molecule has 2 heterocycles. The fourth-order valence-electron chi connectivity index (χ4n) is 7.88. The summed E-state index contributed by atoms with van der Waals surface area (Å²) >= 11 is 0. The number of Topliss-reactive ketones (excluding diaryl/α,β-unsaturated/α-hetero) is 1. The number of fused-ring (bicyclic) bond motifs is 1. The van der Waals surface area contributed by atoms with Crippen LogP contribution in [0.15, 0.2) is 85.1 Å². The van der Waals surface area contributed by atoms with Gasteiger partial charge in [-0.15, -0.1) is 0 Å². The molecule has 0 aliphatic carbocycles. The summed E-state index contributed by atoms with van der Waals surface area (Å²) in [7, 11) is 0. The molecule has 5 rings (SSSR count). The molecule has 4 aromatic rings. The predicted molar refractivity (Wildman–Crippen MR) is 253 cm³/mol. The van der Waals surface area contributed by atoms with E-state index in [-0.39, 0.29) is 56.6 Å². The third-order valence-corrected chi connectivity index (χ3v) is 11.7. The van der Waals surface area contributed by atoms with Crippen LogP contribution in [0.2, 0.25) is 0 Å². The molecule has 0 unspecified atom stereocenters. The van der Waals surface area contributed by atoms with E-state index in [1.54, 1.807) is 74.6 Å². The van der Waals surface area contributed by atoms with Crippen molar-refractivity contribution >= 4 is 69.9 Å². The molecule has 0 saturated carbocycles. The number of carboxylic acid groups (broad SMARTS) is 1. The number of rotatable bonds is 23. The highest BCUT2D eigenvalue weighted by Gasteiger charge is 2.44. The molecule has 1 aromatic heterocycles. The first-order valence-corrected chi connectivity index (χ1v) is 22.7. The zero-order valence-electron chi connectivity index (χ0n) is 39.0. The minimum Gasteiger partial charge on any atom is -0.508 e. The summed E-state index contributed by atoms with van der Waals surface area (Å²) in [5, 5.41) is 37.8. The van der Waals surface area contributed by atoms with Crippen LogP contribution in [0.4, 0.5) is 0 Å². The molecule has 8 amide bonds. The van der Waals surface area contributed by atoms with Crippen molar-refractivity contribution in [2.24, 2.45) is 11.7 Å². The van der Waals surface area contributed by atoms with Crippen LogP contribution in [-0.2, 0) is 67.2 Å². The topological polar surface area (TPSA) is 337 Å². The number of aromatic hydroxyl groups is 1. The molecule has 1 saturated heterocycles. The second-order valence-corrected chi connectivity index (χ2v) is 17.8. The highest BCUT2D eigenvalue weighted by molar-refractivity contribution is 6.14. The first kappa shape index (κ1) is 52.9. The number of nitrogens with two attached hydrogens (primary N) is 1. The Balaban J connectivity index is 1.34. The SMILES string of the molecule is CC(C)C[C@H](NC(=O)[C@H](Cc1c[nH]c2ccccc12)NC(=O)CNC(=O)[C@H](Cc1ccc(O)cc1)NC(=O)[C@]1(C)NC(=O)CCCC1=O)C(=O)N[C@@H](CC(=O)O)C(=O)N[C@@H](Cc1ccccc1)C(N)=O. The molecule has 12 N–H and O–H groups in total. The van der Waals surface area contributed by atoms with E-state index in [1.165, 1.54) is 31.2 Å². The van der Waals surface area contributed by atoms with Crippen LogP contribution >= 0.6 is 0 Å². The number of hydrogen-bond acceptors (Lipinski definition) is 11. The lowest BCUT2D eigenvalue weighted by Crippen LogP contribution is -2.64. The van der Waals surface area contributed by atoms with Gasteiger partial charge in [-0.25, -0.2) is 0 Å². The monoisotopic (exact) mass is 965 g/mol. The second kappa shape index (κ2) is 24.3.